The molecular formula is C11H15N2O2P. The van der Waals surface area contributed by atoms with Crippen LogP contribution in [0.2, 0.25) is 0 Å². The summed E-state index contributed by atoms with van der Waals surface area (Å²) in [4.78, 5) is 11.0. The Hall–Kier alpha value is -1.41. The second kappa shape index (κ2) is 6.96. The lowest BCUT2D eigenvalue weighted by molar-refractivity contribution is -0.134. The molecular weight excluding hydrogens is 223 g/mol. The van der Waals surface area contributed by atoms with Crippen LogP contribution in [0.1, 0.15) is 6.92 Å². The van der Waals surface area contributed by atoms with Gasteiger partial charge in [-0.1, -0.05) is 30.3 Å². The van der Waals surface area contributed by atoms with E-state index in [0.717, 1.165) is 6.21 Å². The Labute approximate surface area is 96.5 Å². The van der Waals surface area contributed by atoms with Gasteiger partial charge in [0.25, 0.3) is 0 Å². The first-order valence-electron chi connectivity index (χ1n) is 4.98. The van der Waals surface area contributed by atoms with E-state index < -0.39 is 14.0 Å². The van der Waals surface area contributed by atoms with E-state index in [-0.39, 0.29) is 0 Å². The van der Waals surface area contributed by atoms with Gasteiger partial charge in [0.2, 0.25) is 0 Å². The average Bonchev–Trinajstić information content (AvgIpc) is 2.30. The highest BCUT2D eigenvalue weighted by Crippen LogP contribution is 2.22. The summed E-state index contributed by atoms with van der Waals surface area (Å²) in [5.74, 6) is -0.425. The van der Waals surface area contributed by atoms with E-state index in [1.165, 1.54) is 5.30 Å². The standard InChI is InChI=1S/C11H15N2O2P/c1-3-15-11(14)9-12-13-16(2)10-7-5-4-6-8-10/h4-9,13H,3H2,1-2H3/b12-9+. The molecule has 16 heavy (non-hydrogen) atoms. The molecule has 5 heteroatoms. The van der Waals surface area contributed by atoms with E-state index in [9.17, 15) is 4.79 Å². The zero-order valence-electron chi connectivity index (χ0n) is 9.38. The molecule has 0 aliphatic rings. The molecule has 4 nitrogen and oxygen atoms in total. The van der Waals surface area contributed by atoms with Crippen molar-refractivity contribution in [3.63, 3.8) is 0 Å². The van der Waals surface area contributed by atoms with Gasteiger partial charge in [-0.25, -0.2) is 4.79 Å². The number of hydrogen-bond donors (Lipinski definition) is 1. The van der Waals surface area contributed by atoms with Gasteiger partial charge in [0.05, 0.1) is 6.61 Å². The SMILES string of the molecule is CCOC(=O)/C=N/NP(C)c1ccccc1. The molecule has 0 bridgehead atoms. The van der Waals surface area contributed by atoms with E-state index in [0.29, 0.717) is 6.61 Å². The van der Waals surface area contributed by atoms with Crippen LogP contribution in [0.15, 0.2) is 35.4 Å². The molecule has 86 valence electrons. The number of carbonyl (C=O) groups is 1. The Balaban J connectivity index is 2.41. The van der Waals surface area contributed by atoms with Crippen LogP contribution in [-0.2, 0) is 9.53 Å². The molecule has 1 aromatic carbocycles. The Bertz CT molecular complexity index is 354. The summed E-state index contributed by atoms with van der Waals surface area (Å²) in [6.45, 7) is 4.16. The quantitative estimate of drug-likeness (QED) is 0.366. The summed E-state index contributed by atoms with van der Waals surface area (Å²) >= 11 is 0. The zero-order chi connectivity index (χ0) is 11.8. The van der Waals surface area contributed by atoms with E-state index in [4.69, 9.17) is 4.74 Å². The van der Waals surface area contributed by atoms with Crippen LogP contribution < -0.4 is 10.5 Å². The van der Waals surface area contributed by atoms with Crippen molar-refractivity contribution in [2.45, 2.75) is 6.92 Å². The third-order valence-corrected chi connectivity index (χ3v) is 3.30. The highest BCUT2D eigenvalue weighted by Gasteiger charge is 2.01. The third kappa shape index (κ3) is 4.41. The van der Waals surface area contributed by atoms with Crippen LogP contribution in [0.4, 0.5) is 0 Å². The minimum Gasteiger partial charge on any atom is -0.462 e. The van der Waals surface area contributed by atoms with Gasteiger partial charge in [0.15, 0.2) is 0 Å². The first kappa shape index (κ1) is 12.7. The van der Waals surface area contributed by atoms with Crippen molar-refractivity contribution < 1.29 is 9.53 Å². The molecule has 1 aromatic rings. The molecule has 0 saturated carbocycles. The molecule has 0 saturated heterocycles. The Morgan fingerprint density at radius 3 is 2.81 bits per heavy atom. The van der Waals surface area contributed by atoms with Gasteiger partial charge in [-0.2, -0.15) is 5.10 Å². The molecule has 0 fully saturated rings. The van der Waals surface area contributed by atoms with E-state index >= 15 is 0 Å². The number of benzene rings is 1. The number of nitrogens with zero attached hydrogens (tertiary/aromatic N) is 1. The summed E-state index contributed by atoms with van der Waals surface area (Å²) in [6, 6.07) is 9.97. The normalized spacial score (nSPS) is 12.4. The second-order valence-electron chi connectivity index (χ2n) is 3.00. The maximum Gasteiger partial charge on any atom is 0.351 e. The van der Waals surface area contributed by atoms with Crippen molar-refractivity contribution in [3.05, 3.63) is 30.3 Å². The molecule has 0 radical (unpaired) electrons. The van der Waals surface area contributed by atoms with Gasteiger partial charge in [0, 0.05) is 8.07 Å². The Morgan fingerprint density at radius 1 is 1.50 bits per heavy atom. The minimum absolute atomic E-state index is 0.366. The number of esters is 1. The van der Waals surface area contributed by atoms with Crippen LogP contribution in [0.5, 0.6) is 0 Å². The Kier molecular flexibility index (Phi) is 5.51. The highest BCUT2D eigenvalue weighted by molar-refractivity contribution is 7.62. The third-order valence-electron chi connectivity index (χ3n) is 1.81. The molecule has 1 unspecified atom stereocenters. The number of nitrogens with one attached hydrogen (secondary N) is 1. The van der Waals surface area contributed by atoms with Crippen LogP contribution in [0.25, 0.3) is 0 Å². The molecule has 0 aliphatic heterocycles. The molecule has 0 aliphatic carbocycles. The lowest BCUT2D eigenvalue weighted by Gasteiger charge is -2.10. The minimum atomic E-state index is -0.571. The van der Waals surface area contributed by atoms with Crippen molar-refractivity contribution in [1.82, 2.24) is 5.20 Å². The number of carbonyl (C=O) groups excluding carboxylic acids is 1. The van der Waals surface area contributed by atoms with Gasteiger partial charge in [-0.3, -0.25) is 5.20 Å². The van der Waals surface area contributed by atoms with E-state index in [1.807, 2.05) is 37.0 Å². The molecule has 0 heterocycles. The first-order chi connectivity index (χ1) is 7.74. The van der Waals surface area contributed by atoms with Crippen molar-refractivity contribution in [2.75, 3.05) is 13.3 Å². The number of rotatable bonds is 5. The zero-order valence-corrected chi connectivity index (χ0v) is 10.3. The molecule has 1 N–H and O–H groups in total. The predicted octanol–water partition coefficient (Wildman–Crippen LogP) is 1.48. The van der Waals surface area contributed by atoms with Crippen LogP contribution >= 0.6 is 8.07 Å². The average molecular weight is 238 g/mol. The van der Waals surface area contributed by atoms with E-state index in [2.05, 4.69) is 10.3 Å². The summed E-state index contributed by atoms with van der Waals surface area (Å²) in [7, 11) is -0.571. The van der Waals surface area contributed by atoms with Gasteiger partial charge in [0.1, 0.15) is 6.21 Å². The van der Waals surface area contributed by atoms with Crippen molar-refractivity contribution in [1.29, 1.82) is 0 Å². The van der Waals surface area contributed by atoms with Crippen LogP contribution in [-0.4, -0.2) is 25.5 Å². The molecule has 0 amide bonds. The first-order valence-corrected chi connectivity index (χ1v) is 6.77. The maximum atomic E-state index is 11.0. The summed E-state index contributed by atoms with van der Waals surface area (Å²) < 4.78 is 4.71. The summed E-state index contributed by atoms with van der Waals surface area (Å²) in [5, 5.41) is 7.95. The Morgan fingerprint density at radius 2 is 2.19 bits per heavy atom. The maximum absolute atomic E-state index is 11.0. The van der Waals surface area contributed by atoms with Gasteiger partial charge in [-0.15, -0.1) is 0 Å². The smallest absolute Gasteiger partial charge is 0.351 e. The summed E-state index contributed by atoms with van der Waals surface area (Å²) in [6.07, 6.45) is 1.16. The molecule has 0 aromatic heterocycles. The topological polar surface area (TPSA) is 50.7 Å². The molecule has 0 spiro atoms. The van der Waals surface area contributed by atoms with Gasteiger partial charge >= 0.3 is 5.97 Å². The highest BCUT2D eigenvalue weighted by atomic mass is 31.1. The van der Waals surface area contributed by atoms with Gasteiger partial charge < -0.3 is 4.74 Å². The van der Waals surface area contributed by atoms with Crippen molar-refractivity contribution in [2.24, 2.45) is 5.10 Å². The monoisotopic (exact) mass is 238 g/mol. The lowest BCUT2D eigenvalue weighted by atomic mass is 10.4. The fraction of sp³-hybridized carbons (Fsp3) is 0.273. The largest absolute Gasteiger partial charge is 0.462 e. The predicted molar refractivity (Wildman–Crippen MR) is 67.2 cm³/mol. The lowest BCUT2D eigenvalue weighted by Crippen LogP contribution is -2.12. The number of hydrazone groups is 1. The molecule has 1 atom stereocenters. The summed E-state index contributed by atoms with van der Waals surface area (Å²) in [5.41, 5.74) is 0. The number of ether oxygens (including phenoxy) is 1. The fourth-order valence-corrected chi connectivity index (χ4v) is 2.02. The van der Waals surface area contributed by atoms with Crippen molar-refractivity contribution in [3.8, 4) is 0 Å². The van der Waals surface area contributed by atoms with Crippen LogP contribution in [0.3, 0.4) is 0 Å². The number of hydrogen-bond acceptors (Lipinski definition) is 4. The van der Waals surface area contributed by atoms with Gasteiger partial charge in [-0.05, 0) is 18.9 Å². The van der Waals surface area contributed by atoms with E-state index in [1.54, 1.807) is 6.92 Å². The molecule has 1 rings (SSSR count). The second-order valence-corrected chi connectivity index (χ2v) is 4.84. The van der Waals surface area contributed by atoms with Crippen molar-refractivity contribution >= 4 is 25.6 Å². The van der Waals surface area contributed by atoms with Crippen LogP contribution in [0, 0.1) is 0 Å². The fourth-order valence-electron chi connectivity index (χ4n) is 1.06.